The van der Waals surface area contributed by atoms with Gasteiger partial charge in [0.2, 0.25) is 0 Å². The van der Waals surface area contributed by atoms with Crippen LogP contribution in [-0.2, 0) is 20.7 Å². The van der Waals surface area contributed by atoms with Crippen molar-refractivity contribution in [2.24, 2.45) is 11.8 Å². The van der Waals surface area contributed by atoms with Crippen LogP contribution in [0, 0.1) is 11.8 Å². The van der Waals surface area contributed by atoms with Crippen LogP contribution in [0.3, 0.4) is 0 Å². The van der Waals surface area contributed by atoms with E-state index in [9.17, 15) is 9.59 Å². The average Bonchev–Trinajstić information content (AvgIpc) is 3.18. The van der Waals surface area contributed by atoms with Gasteiger partial charge in [-0.15, -0.1) is 0 Å². The zero-order valence-corrected chi connectivity index (χ0v) is 12.7. The van der Waals surface area contributed by atoms with Crippen molar-refractivity contribution in [1.29, 1.82) is 0 Å². The van der Waals surface area contributed by atoms with Crippen LogP contribution < -0.4 is 0 Å². The van der Waals surface area contributed by atoms with E-state index in [1.165, 1.54) is 0 Å². The van der Waals surface area contributed by atoms with Crippen LogP contribution in [0.4, 0.5) is 0 Å². The molecule has 0 aromatic heterocycles. The van der Waals surface area contributed by atoms with Gasteiger partial charge in [0, 0.05) is 16.0 Å². The van der Waals surface area contributed by atoms with Gasteiger partial charge in [-0.3, -0.25) is 9.59 Å². The van der Waals surface area contributed by atoms with Crippen molar-refractivity contribution < 1.29 is 14.3 Å². The quantitative estimate of drug-likeness (QED) is 0.594. The zero-order valence-electron chi connectivity index (χ0n) is 11.2. The number of carbonyl (C=O) groups excluding carboxylic acids is 2. The fourth-order valence-corrected chi connectivity index (χ4v) is 2.73. The Morgan fingerprint density at radius 2 is 1.85 bits per heavy atom. The Labute approximate surface area is 128 Å². The van der Waals surface area contributed by atoms with Gasteiger partial charge < -0.3 is 4.74 Å². The third kappa shape index (κ3) is 3.97. The maximum atomic E-state index is 12.2. The van der Waals surface area contributed by atoms with Gasteiger partial charge in [0.1, 0.15) is 5.92 Å². The molecule has 1 unspecified atom stereocenters. The molecule has 108 valence electrons. The molecular formula is C15H16Cl2O3. The molecule has 1 aliphatic carbocycles. The highest BCUT2D eigenvalue weighted by molar-refractivity contribution is 6.34. The summed E-state index contributed by atoms with van der Waals surface area (Å²) >= 11 is 11.9. The first-order valence-electron chi connectivity index (χ1n) is 6.66. The Morgan fingerprint density at radius 3 is 2.35 bits per heavy atom. The van der Waals surface area contributed by atoms with Gasteiger partial charge in [-0.25, -0.2) is 0 Å². The zero-order chi connectivity index (χ0) is 14.7. The summed E-state index contributed by atoms with van der Waals surface area (Å²) < 4.78 is 5.01. The van der Waals surface area contributed by atoms with Crippen molar-refractivity contribution in [3.05, 3.63) is 33.8 Å². The van der Waals surface area contributed by atoms with E-state index < -0.39 is 11.9 Å². The highest BCUT2D eigenvalue weighted by atomic mass is 35.5. The van der Waals surface area contributed by atoms with Gasteiger partial charge in [0.15, 0.2) is 5.78 Å². The van der Waals surface area contributed by atoms with Crippen LogP contribution in [0.15, 0.2) is 18.2 Å². The second-order valence-electron chi connectivity index (χ2n) is 4.96. The third-order valence-electron chi connectivity index (χ3n) is 3.26. The summed E-state index contributed by atoms with van der Waals surface area (Å²) in [7, 11) is 0. The maximum absolute atomic E-state index is 12.2. The second-order valence-corrected chi connectivity index (χ2v) is 5.84. The molecule has 1 aliphatic rings. The Bertz CT molecular complexity index is 504. The van der Waals surface area contributed by atoms with Crippen molar-refractivity contribution >= 4 is 35.0 Å². The van der Waals surface area contributed by atoms with Crippen LogP contribution in [0.5, 0.6) is 0 Å². The van der Waals surface area contributed by atoms with E-state index in [4.69, 9.17) is 27.9 Å². The lowest BCUT2D eigenvalue weighted by Gasteiger charge is -2.14. The number of Topliss-reactive ketones (excluding diaryl/α,β-unsaturated/α-hetero) is 1. The van der Waals surface area contributed by atoms with Crippen molar-refractivity contribution in [2.45, 2.75) is 26.2 Å². The number of hydrogen-bond acceptors (Lipinski definition) is 3. The van der Waals surface area contributed by atoms with E-state index >= 15 is 0 Å². The molecule has 20 heavy (non-hydrogen) atoms. The molecule has 2 rings (SSSR count). The molecule has 0 spiro atoms. The summed E-state index contributed by atoms with van der Waals surface area (Å²) in [6.07, 6.45) is 2.02. The highest BCUT2D eigenvalue weighted by Crippen LogP contribution is 2.34. The number of halogens is 2. The fraction of sp³-hybridized carbons (Fsp3) is 0.467. The van der Waals surface area contributed by atoms with Crippen molar-refractivity contribution in [2.75, 3.05) is 6.61 Å². The Balaban J connectivity index is 2.17. The fourth-order valence-electron chi connectivity index (χ4n) is 2.16. The van der Waals surface area contributed by atoms with Gasteiger partial charge in [0.25, 0.3) is 0 Å². The molecule has 0 aliphatic heterocycles. The number of benzene rings is 1. The second kappa shape index (κ2) is 6.59. The maximum Gasteiger partial charge on any atom is 0.316 e. The van der Waals surface area contributed by atoms with Gasteiger partial charge in [0.05, 0.1) is 6.61 Å². The summed E-state index contributed by atoms with van der Waals surface area (Å²) in [5.74, 6) is -1.23. The SMILES string of the molecule is CCOC(=O)C(Cc1cc(Cl)cc(Cl)c1)C(=O)C1CC1. The Hall–Kier alpha value is -1.06. The van der Waals surface area contributed by atoms with Crippen LogP contribution >= 0.6 is 23.2 Å². The first-order chi connectivity index (χ1) is 9.51. The molecule has 0 bridgehead atoms. The molecule has 0 heterocycles. The number of ether oxygens (including phenoxy) is 1. The molecule has 0 saturated heterocycles. The molecule has 1 aromatic carbocycles. The lowest BCUT2D eigenvalue weighted by molar-refractivity contribution is -0.151. The number of rotatable bonds is 6. The van der Waals surface area contributed by atoms with Crippen LogP contribution in [0.1, 0.15) is 25.3 Å². The molecule has 3 nitrogen and oxygen atoms in total. The monoisotopic (exact) mass is 314 g/mol. The van der Waals surface area contributed by atoms with E-state index in [0.717, 1.165) is 18.4 Å². The molecule has 0 radical (unpaired) electrons. The molecular weight excluding hydrogens is 299 g/mol. The summed E-state index contributed by atoms with van der Waals surface area (Å²) in [6, 6.07) is 5.06. The number of carbonyl (C=O) groups is 2. The molecule has 1 saturated carbocycles. The number of hydrogen-bond donors (Lipinski definition) is 0. The lowest BCUT2D eigenvalue weighted by atomic mass is 9.93. The highest BCUT2D eigenvalue weighted by Gasteiger charge is 2.39. The smallest absolute Gasteiger partial charge is 0.316 e. The van der Waals surface area contributed by atoms with E-state index in [1.54, 1.807) is 25.1 Å². The van der Waals surface area contributed by atoms with Crippen molar-refractivity contribution in [1.82, 2.24) is 0 Å². The summed E-state index contributed by atoms with van der Waals surface area (Å²) in [5.41, 5.74) is 0.773. The molecule has 1 atom stereocenters. The Morgan fingerprint density at radius 1 is 1.25 bits per heavy atom. The predicted octanol–water partition coefficient (Wildman–Crippen LogP) is 3.69. The van der Waals surface area contributed by atoms with Crippen LogP contribution in [0.25, 0.3) is 0 Å². The molecule has 1 aromatic rings. The minimum Gasteiger partial charge on any atom is -0.465 e. The molecule has 1 fully saturated rings. The average molecular weight is 315 g/mol. The summed E-state index contributed by atoms with van der Waals surface area (Å²) in [5, 5.41) is 0.989. The molecule has 5 heteroatoms. The van der Waals surface area contributed by atoms with Gasteiger partial charge in [-0.2, -0.15) is 0 Å². The standard InChI is InChI=1S/C15H16Cl2O3/c1-2-20-15(19)13(14(18)10-3-4-10)7-9-5-11(16)8-12(17)6-9/h5-6,8,10,13H,2-4,7H2,1H3. The third-order valence-corrected chi connectivity index (χ3v) is 3.69. The van der Waals surface area contributed by atoms with E-state index in [1.807, 2.05) is 0 Å². The van der Waals surface area contributed by atoms with Crippen LogP contribution in [0.2, 0.25) is 10.0 Å². The van der Waals surface area contributed by atoms with Crippen LogP contribution in [-0.4, -0.2) is 18.4 Å². The molecule has 0 amide bonds. The summed E-state index contributed by atoms with van der Waals surface area (Å²) in [4.78, 5) is 24.2. The minimum atomic E-state index is -0.753. The Kier molecular flexibility index (Phi) is 5.06. The topological polar surface area (TPSA) is 43.4 Å². The van der Waals surface area contributed by atoms with E-state index in [2.05, 4.69) is 0 Å². The lowest BCUT2D eigenvalue weighted by Crippen LogP contribution is -2.29. The first kappa shape index (κ1) is 15.3. The number of esters is 1. The van der Waals surface area contributed by atoms with Crippen molar-refractivity contribution in [3.8, 4) is 0 Å². The normalized spacial score (nSPS) is 15.8. The van der Waals surface area contributed by atoms with E-state index in [0.29, 0.717) is 10.0 Å². The largest absolute Gasteiger partial charge is 0.465 e. The van der Waals surface area contributed by atoms with Gasteiger partial charge >= 0.3 is 5.97 Å². The number of ketones is 1. The molecule has 0 N–H and O–H groups in total. The summed E-state index contributed by atoms with van der Waals surface area (Å²) in [6.45, 7) is 2.00. The first-order valence-corrected chi connectivity index (χ1v) is 7.42. The van der Waals surface area contributed by atoms with E-state index in [-0.39, 0.29) is 24.7 Å². The minimum absolute atomic E-state index is 0.0130. The van der Waals surface area contributed by atoms with Gasteiger partial charge in [-0.1, -0.05) is 23.2 Å². The van der Waals surface area contributed by atoms with Crippen molar-refractivity contribution in [3.63, 3.8) is 0 Å². The van der Waals surface area contributed by atoms with Gasteiger partial charge in [-0.05, 0) is 49.9 Å². The predicted molar refractivity (Wildman–Crippen MR) is 78.0 cm³/mol.